The Morgan fingerprint density at radius 3 is 1.67 bits per heavy atom. The quantitative estimate of drug-likeness (QED) is 0.683. The van der Waals surface area contributed by atoms with E-state index in [0.29, 0.717) is 25.7 Å². The second-order valence-corrected chi connectivity index (χ2v) is 8.54. The van der Waals surface area contributed by atoms with Crippen LogP contribution >= 0.6 is 0 Å². The molecule has 21 heavy (non-hydrogen) atoms. The van der Waals surface area contributed by atoms with Crippen molar-refractivity contribution in [2.75, 3.05) is 0 Å². The molecule has 3 N–H and O–H groups in total. The summed E-state index contributed by atoms with van der Waals surface area (Å²) in [5.41, 5.74) is -4.92. The van der Waals surface area contributed by atoms with Crippen LogP contribution in [0.4, 0.5) is 0 Å². The number of esters is 1. The summed E-state index contributed by atoms with van der Waals surface area (Å²) < 4.78 is 5.78. The van der Waals surface area contributed by atoms with Crippen molar-refractivity contribution < 1.29 is 24.9 Å². The minimum Gasteiger partial charge on any atom is -0.458 e. The normalized spacial score (nSPS) is 48.5. The maximum atomic E-state index is 12.4. The summed E-state index contributed by atoms with van der Waals surface area (Å²) >= 11 is 0. The van der Waals surface area contributed by atoms with Crippen LogP contribution in [0.5, 0.6) is 0 Å². The number of ether oxygens (including phenoxy) is 1. The van der Waals surface area contributed by atoms with Gasteiger partial charge >= 0.3 is 5.97 Å². The van der Waals surface area contributed by atoms with Gasteiger partial charge in [-0.1, -0.05) is 6.92 Å². The van der Waals surface area contributed by atoms with Crippen molar-refractivity contribution in [3.8, 4) is 0 Å². The van der Waals surface area contributed by atoms with E-state index in [-0.39, 0.29) is 25.2 Å². The van der Waals surface area contributed by atoms with Crippen LogP contribution in [-0.4, -0.2) is 43.7 Å². The summed E-state index contributed by atoms with van der Waals surface area (Å²) in [6.45, 7) is 5.58. The Morgan fingerprint density at radius 1 is 0.952 bits per heavy atom. The van der Waals surface area contributed by atoms with Gasteiger partial charge in [-0.05, 0) is 20.3 Å². The number of carbonyl (C=O) groups excluding carboxylic acids is 1. The van der Waals surface area contributed by atoms with E-state index >= 15 is 0 Å². The van der Waals surface area contributed by atoms with Crippen LogP contribution in [0.25, 0.3) is 0 Å². The molecule has 4 aliphatic rings. The lowest BCUT2D eigenvalue weighted by atomic mass is 9.48. The second-order valence-electron chi connectivity index (χ2n) is 8.54. The van der Waals surface area contributed by atoms with Crippen molar-refractivity contribution in [3.63, 3.8) is 0 Å². The zero-order valence-electron chi connectivity index (χ0n) is 13.1. The Hall–Kier alpha value is -0.650. The minimum absolute atomic E-state index is 0.263. The van der Waals surface area contributed by atoms with Crippen LogP contribution in [-0.2, 0) is 9.53 Å². The highest BCUT2D eigenvalue weighted by molar-refractivity contribution is 5.76. The van der Waals surface area contributed by atoms with Gasteiger partial charge in [-0.2, -0.15) is 0 Å². The van der Waals surface area contributed by atoms with Crippen LogP contribution in [0.3, 0.4) is 0 Å². The van der Waals surface area contributed by atoms with E-state index in [2.05, 4.69) is 0 Å². The fourth-order valence-electron chi connectivity index (χ4n) is 4.97. The van der Waals surface area contributed by atoms with Crippen molar-refractivity contribution in [1.29, 1.82) is 0 Å². The maximum absolute atomic E-state index is 12.4. The first-order chi connectivity index (χ1) is 9.43. The van der Waals surface area contributed by atoms with Crippen LogP contribution < -0.4 is 0 Å². The van der Waals surface area contributed by atoms with Crippen molar-refractivity contribution >= 4 is 5.97 Å². The molecular formula is C16H26O5. The highest BCUT2D eigenvalue weighted by atomic mass is 16.6. The van der Waals surface area contributed by atoms with E-state index in [1.54, 1.807) is 0 Å². The molecule has 4 fully saturated rings. The molecule has 0 aromatic rings. The van der Waals surface area contributed by atoms with Gasteiger partial charge in [-0.25, -0.2) is 0 Å². The first kappa shape index (κ1) is 15.3. The van der Waals surface area contributed by atoms with E-state index in [1.807, 2.05) is 20.8 Å². The Kier molecular flexibility index (Phi) is 2.91. The van der Waals surface area contributed by atoms with E-state index in [4.69, 9.17) is 4.74 Å². The lowest BCUT2D eigenvalue weighted by Gasteiger charge is -2.65. The highest BCUT2D eigenvalue weighted by Gasteiger charge is 2.69. The summed E-state index contributed by atoms with van der Waals surface area (Å²) in [4.78, 5) is 12.4. The zero-order valence-corrected chi connectivity index (χ0v) is 13.1. The molecule has 5 nitrogen and oxygen atoms in total. The molecule has 0 amide bonds. The number of carbonyl (C=O) groups is 1. The molecule has 4 rings (SSSR count). The van der Waals surface area contributed by atoms with Gasteiger partial charge in [0.25, 0.3) is 0 Å². The first-order valence-corrected chi connectivity index (χ1v) is 7.84. The average Bonchev–Trinajstić information content (AvgIpc) is 2.21. The van der Waals surface area contributed by atoms with E-state index in [1.165, 1.54) is 0 Å². The van der Waals surface area contributed by atoms with E-state index < -0.39 is 27.8 Å². The summed E-state index contributed by atoms with van der Waals surface area (Å²) in [5.74, 6) is -0.317. The molecule has 0 heterocycles. The van der Waals surface area contributed by atoms with Crippen molar-refractivity contribution in [2.45, 2.75) is 88.1 Å². The standard InChI is InChI=1S/C16H26O5/c1-4-12(2,3)11(17)21-16-8-13(18)5-14(19,9-16)7-15(20,6-13)10-16/h18-20H,4-10H2,1-3H3. The minimum atomic E-state index is -1.13. The summed E-state index contributed by atoms with van der Waals surface area (Å²) in [5, 5.41) is 32.0. The Bertz CT molecular complexity index is 430. The predicted octanol–water partition coefficient (Wildman–Crippen LogP) is 1.28. The molecule has 4 aliphatic carbocycles. The third-order valence-electron chi connectivity index (χ3n) is 5.67. The Morgan fingerprint density at radius 2 is 1.33 bits per heavy atom. The molecule has 0 saturated heterocycles. The van der Waals surface area contributed by atoms with Gasteiger partial charge in [0, 0.05) is 38.5 Å². The molecule has 4 bridgehead atoms. The van der Waals surface area contributed by atoms with Crippen LogP contribution in [0.1, 0.15) is 65.7 Å². The van der Waals surface area contributed by atoms with Gasteiger partial charge in [0.2, 0.25) is 0 Å². The number of hydrogen-bond donors (Lipinski definition) is 3. The van der Waals surface area contributed by atoms with Gasteiger partial charge in [-0.15, -0.1) is 0 Å². The molecule has 5 heteroatoms. The van der Waals surface area contributed by atoms with Gasteiger partial charge in [0.05, 0.1) is 22.2 Å². The molecule has 4 saturated carbocycles. The van der Waals surface area contributed by atoms with Crippen LogP contribution in [0.15, 0.2) is 0 Å². The van der Waals surface area contributed by atoms with Crippen molar-refractivity contribution in [2.24, 2.45) is 5.41 Å². The molecule has 0 radical (unpaired) electrons. The second kappa shape index (κ2) is 4.00. The smallest absolute Gasteiger partial charge is 0.312 e. The first-order valence-electron chi connectivity index (χ1n) is 7.84. The average molecular weight is 298 g/mol. The Balaban J connectivity index is 1.90. The molecule has 0 spiro atoms. The number of hydrogen-bond acceptors (Lipinski definition) is 5. The van der Waals surface area contributed by atoms with Gasteiger partial charge < -0.3 is 20.1 Å². The molecule has 0 aromatic carbocycles. The molecule has 0 aromatic heterocycles. The third-order valence-corrected chi connectivity index (χ3v) is 5.67. The highest BCUT2D eigenvalue weighted by Crippen LogP contribution is 2.62. The van der Waals surface area contributed by atoms with Gasteiger partial charge in [0.15, 0.2) is 0 Å². The summed E-state index contributed by atoms with van der Waals surface area (Å²) in [6.07, 6.45) is 2.39. The lowest BCUT2D eigenvalue weighted by molar-refractivity contribution is -0.302. The van der Waals surface area contributed by atoms with Crippen molar-refractivity contribution in [1.82, 2.24) is 0 Å². The molecule has 0 aliphatic heterocycles. The summed E-state index contributed by atoms with van der Waals surface area (Å²) in [6, 6.07) is 0. The number of aliphatic hydroxyl groups is 3. The molecular weight excluding hydrogens is 272 g/mol. The fraction of sp³-hybridized carbons (Fsp3) is 0.938. The number of rotatable bonds is 3. The topological polar surface area (TPSA) is 87.0 Å². The fourth-order valence-corrected chi connectivity index (χ4v) is 4.97. The Labute approximate surface area is 125 Å². The lowest BCUT2D eigenvalue weighted by Crippen LogP contribution is -2.72. The molecule has 0 unspecified atom stereocenters. The predicted molar refractivity (Wildman–Crippen MR) is 75.4 cm³/mol. The molecule has 0 atom stereocenters. The molecule has 120 valence electrons. The monoisotopic (exact) mass is 298 g/mol. The maximum Gasteiger partial charge on any atom is 0.312 e. The van der Waals surface area contributed by atoms with E-state index in [9.17, 15) is 20.1 Å². The zero-order chi connectivity index (χ0) is 15.7. The summed E-state index contributed by atoms with van der Waals surface area (Å²) in [7, 11) is 0. The third kappa shape index (κ3) is 2.39. The van der Waals surface area contributed by atoms with Crippen LogP contribution in [0.2, 0.25) is 0 Å². The van der Waals surface area contributed by atoms with Crippen molar-refractivity contribution in [3.05, 3.63) is 0 Å². The van der Waals surface area contributed by atoms with Crippen LogP contribution in [0, 0.1) is 5.41 Å². The van der Waals surface area contributed by atoms with Gasteiger partial charge in [0.1, 0.15) is 5.60 Å². The largest absolute Gasteiger partial charge is 0.458 e. The van der Waals surface area contributed by atoms with Gasteiger partial charge in [-0.3, -0.25) is 4.79 Å². The SMILES string of the molecule is CCC(C)(C)C(=O)OC12CC3(O)CC(O)(CC(O)(C3)C1)C2. The van der Waals surface area contributed by atoms with E-state index in [0.717, 1.165) is 0 Å².